The predicted molar refractivity (Wildman–Crippen MR) is 160 cm³/mol. The van der Waals surface area contributed by atoms with Crippen molar-refractivity contribution in [3.8, 4) is 33.9 Å². The van der Waals surface area contributed by atoms with Gasteiger partial charge in [-0.05, 0) is 39.9 Å². The number of hydrogen-bond donors (Lipinski definition) is 3. The minimum atomic E-state index is -1.82. The van der Waals surface area contributed by atoms with Crippen LogP contribution in [0.15, 0.2) is 109 Å². The molecule has 42 heavy (non-hydrogen) atoms. The fraction of sp³-hybridized carbons (Fsp3) is 0.121. The Kier molecular flexibility index (Phi) is 9.93. The van der Waals surface area contributed by atoms with Crippen LogP contribution in [-0.4, -0.2) is 38.8 Å². The summed E-state index contributed by atoms with van der Waals surface area (Å²) in [5, 5.41) is 18.2. The smallest absolute Gasteiger partial charge is 0.414 e. The minimum absolute atomic E-state index is 0.486. The van der Waals surface area contributed by atoms with Crippen molar-refractivity contribution in [3.63, 3.8) is 0 Å². The Morgan fingerprint density at radius 1 is 0.762 bits per heavy atom. The van der Waals surface area contributed by atoms with E-state index in [0.717, 1.165) is 34.1 Å². The molecule has 0 radical (unpaired) electrons. The largest absolute Gasteiger partial charge is 0.493 e. The quantitative estimate of drug-likeness (QED) is 0.183. The third-order valence-corrected chi connectivity index (χ3v) is 6.37. The highest BCUT2D eigenvalue weighted by molar-refractivity contribution is 6.27. The van der Waals surface area contributed by atoms with Gasteiger partial charge in [0.25, 0.3) is 0 Å². The topological polar surface area (TPSA) is 123 Å². The van der Waals surface area contributed by atoms with Crippen molar-refractivity contribution in [1.82, 2.24) is 9.55 Å². The van der Waals surface area contributed by atoms with Gasteiger partial charge < -0.3 is 29.6 Å². The molecule has 0 spiro atoms. The molecule has 0 saturated heterocycles. The van der Waals surface area contributed by atoms with Gasteiger partial charge in [-0.2, -0.15) is 0 Å². The van der Waals surface area contributed by atoms with Gasteiger partial charge in [0.05, 0.1) is 19.0 Å². The number of imidazole rings is 1. The first-order valence-electron chi connectivity index (χ1n) is 13.1. The highest BCUT2D eigenvalue weighted by atomic mass is 16.5. The van der Waals surface area contributed by atoms with Gasteiger partial charge in [-0.3, -0.25) is 0 Å². The van der Waals surface area contributed by atoms with Crippen LogP contribution in [0.2, 0.25) is 0 Å². The lowest BCUT2D eigenvalue weighted by molar-refractivity contribution is -0.159. The summed E-state index contributed by atoms with van der Waals surface area (Å²) in [7, 11) is 3.68. The number of nitrogens with zero attached hydrogens (tertiary/aromatic N) is 2. The van der Waals surface area contributed by atoms with Crippen LogP contribution in [0.25, 0.3) is 22.4 Å². The fourth-order valence-corrected chi connectivity index (χ4v) is 4.17. The van der Waals surface area contributed by atoms with Gasteiger partial charge >= 0.3 is 11.9 Å². The maximum absolute atomic E-state index is 9.10. The van der Waals surface area contributed by atoms with Gasteiger partial charge in [0.15, 0.2) is 11.5 Å². The summed E-state index contributed by atoms with van der Waals surface area (Å²) < 4.78 is 13.6. The molecule has 1 aromatic heterocycles. The number of benzene rings is 4. The Morgan fingerprint density at radius 3 is 1.98 bits per heavy atom. The molecular weight excluding hydrogens is 534 g/mol. The molecule has 0 amide bonds. The number of anilines is 1. The van der Waals surface area contributed by atoms with E-state index in [1.54, 1.807) is 7.11 Å². The molecule has 0 aliphatic rings. The Bertz CT molecular complexity index is 1610. The lowest BCUT2D eigenvalue weighted by atomic mass is 10.0. The van der Waals surface area contributed by atoms with Gasteiger partial charge in [-0.1, -0.05) is 91.0 Å². The van der Waals surface area contributed by atoms with Crippen LogP contribution >= 0.6 is 0 Å². The molecule has 9 nitrogen and oxygen atoms in total. The third kappa shape index (κ3) is 7.76. The molecule has 0 unspecified atom stereocenters. The Labute approximate surface area is 243 Å². The number of carboxylic acids is 2. The molecule has 0 aliphatic heterocycles. The number of nitrogens with one attached hydrogen (secondary N) is 1. The molecule has 0 saturated carbocycles. The maximum Gasteiger partial charge on any atom is 0.414 e. The van der Waals surface area contributed by atoms with Crippen LogP contribution < -0.4 is 14.8 Å². The first kappa shape index (κ1) is 29.4. The van der Waals surface area contributed by atoms with Crippen molar-refractivity contribution < 1.29 is 29.3 Å². The van der Waals surface area contributed by atoms with Crippen molar-refractivity contribution in [2.75, 3.05) is 12.4 Å². The summed E-state index contributed by atoms with van der Waals surface area (Å²) in [6, 6.07) is 35.1. The van der Waals surface area contributed by atoms with Crippen LogP contribution in [0.1, 0.15) is 11.1 Å². The summed E-state index contributed by atoms with van der Waals surface area (Å²) in [4.78, 5) is 22.8. The highest BCUT2D eigenvalue weighted by Gasteiger charge is 2.11. The minimum Gasteiger partial charge on any atom is -0.493 e. The molecule has 4 aromatic carbocycles. The molecule has 5 rings (SSSR count). The normalized spacial score (nSPS) is 10.2. The molecule has 214 valence electrons. The van der Waals surface area contributed by atoms with Gasteiger partial charge in [-0.15, -0.1) is 0 Å². The second-order valence-corrected chi connectivity index (χ2v) is 9.19. The van der Waals surface area contributed by atoms with E-state index in [1.807, 2.05) is 67.8 Å². The SMILES string of the molecule is COc1ccc(CNc2ncc(-c3ccc(-c4ccccc4)cc3)n2C)cc1OCc1ccccc1.O=C(O)C(=O)O. The van der Waals surface area contributed by atoms with E-state index in [9.17, 15) is 0 Å². The standard InChI is InChI=1S/C31H29N3O2.C2H2O4/c1-34-28(27-16-14-26(15-17-27)25-11-7-4-8-12-25)21-33-31(34)32-20-24-13-18-29(35-2)30(19-24)36-22-23-9-5-3-6-10-23;3-1(4)2(5)6/h3-19,21H,20,22H2,1-2H3,(H,32,33);(H,3,4)(H,5,6). The van der Waals surface area contributed by atoms with Crippen LogP contribution in [-0.2, 0) is 29.8 Å². The molecule has 0 atom stereocenters. The second-order valence-electron chi connectivity index (χ2n) is 9.19. The summed E-state index contributed by atoms with van der Waals surface area (Å²) >= 11 is 0. The molecule has 3 N–H and O–H groups in total. The predicted octanol–water partition coefficient (Wildman–Crippen LogP) is 6.11. The number of carbonyl (C=O) groups is 2. The lowest BCUT2D eigenvalue weighted by Gasteiger charge is -2.13. The summed E-state index contributed by atoms with van der Waals surface area (Å²) in [5.74, 6) is -1.41. The van der Waals surface area contributed by atoms with E-state index in [1.165, 1.54) is 11.1 Å². The van der Waals surface area contributed by atoms with E-state index in [0.29, 0.717) is 18.9 Å². The number of ether oxygens (including phenoxy) is 2. The number of methoxy groups -OCH3 is 1. The van der Waals surface area contributed by atoms with Crippen LogP contribution in [0.4, 0.5) is 5.95 Å². The fourth-order valence-electron chi connectivity index (χ4n) is 4.17. The number of aromatic nitrogens is 2. The van der Waals surface area contributed by atoms with Crippen molar-refractivity contribution in [2.45, 2.75) is 13.2 Å². The van der Waals surface area contributed by atoms with Crippen molar-refractivity contribution >= 4 is 17.9 Å². The number of carboxylic acid groups (broad SMARTS) is 2. The zero-order chi connectivity index (χ0) is 29.9. The van der Waals surface area contributed by atoms with E-state index < -0.39 is 11.9 Å². The van der Waals surface area contributed by atoms with Crippen LogP contribution in [0.5, 0.6) is 11.5 Å². The lowest BCUT2D eigenvalue weighted by Crippen LogP contribution is -2.09. The average Bonchev–Trinajstić information content (AvgIpc) is 3.40. The van der Waals surface area contributed by atoms with Crippen molar-refractivity contribution in [1.29, 1.82) is 0 Å². The number of aliphatic carboxylic acids is 2. The molecule has 1 heterocycles. The van der Waals surface area contributed by atoms with E-state index in [-0.39, 0.29) is 0 Å². The summed E-state index contributed by atoms with van der Waals surface area (Å²) in [6.07, 6.45) is 1.91. The summed E-state index contributed by atoms with van der Waals surface area (Å²) in [5.41, 5.74) is 6.78. The zero-order valence-corrected chi connectivity index (χ0v) is 23.2. The second kappa shape index (κ2) is 14.2. The monoisotopic (exact) mass is 565 g/mol. The highest BCUT2D eigenvalue weighted by Crippen LogP contribution is 2.30. The molecule has 0 aliphatic carbocycles. The summed E-state index contributed by atoms with van der Waals surface area (Å²) in [6.45, 7) is 1.10. The molecule has 9 heteroatoms. The van der Waals surface area contributed by atoms with Crippen LogP contribution in [0.3, 0.4) is 0 Å². The van der Waals surface area contributed by atoms with E-state index in [4.69, 9.17) is 29.3 Å². The molecule has 0 fully saturated rings. The number of hydrogen-bond acceptors (Lipinski definition) is 6. The van der Waals surface area contributed by atoms with E-state index in [2.05, 4.69) is 63.4 Å². The first-order valence-corrected chi connectivity index (χ1v) is 13.1. The Balaban J connectivity index is 0.000000612. The van der Waals surface area contributed by atoms with Gasteiger partial charge in [-0.25, -0.2) is 14.6 Å². The zero-order valence-electron chi connectivity index (χ0n) is 23.2. The van der Waals surface area contributed by atoms with Gasteiger partial charge in [0.2, 0.25) is 5.95 Å². The molecule has 0 bridgehead atoms. The third-order valence-electron chi connectivity index (χ3n) is 6.37. The van der Waals surface area contributed by atoms with Crippen molar-refractivity contribution in [3.05, 3.63) is 120 Å². The Morgan fingerprint density at radius 2 is 1.36 bits per heavy atom. The van der Waals surface area contributed by atoms with E-state index >= 15 is 0 Å². The molecular formula is C33H31N3O6. The van der Waals surface area contributed by atoms with Gasteiger partial charge in [0.1, 0.15) is 6.61 Å². The first-order chi connectivity index (χ1) is 20.4. The van der Waals surface area contributed by atoms with Crippen molar-refractivity contribution in [2.24, 2.45) is 7.05 Å². The maximum atomic E-state index is 9.10. The Hall–Kier alpha value is -5.57. The molecule has 5 aromatic rings. The average molecular weight is 566 g/mol. The van der Waals surface area contributed by atoms with Crippen LogP contribution in [0, 0.1) is 0 Å². The van der Waals surface area contributed by atoms with Gasteiger partial charge in [0, 0.05) is 13.6 Å². The number of rotatable bonds is 9.